The Morgan fingerprint density at radius 1 is 0.875 bits per heavy atom. The first-order chi connectivity index (χ1) is 7.86. The molecule has 0 amide bonds. The summed E-state index contributed by atoms with van der Waals surface area (Å²) in [5, 5.41) is 0. The van der Waals surface area contributed by atoms with Crippen LogP contribution in [0.1, 0.15) is 69.7 Å². The van der Waals surface area contributed by atoms with Gasteiger partial charge < -0.3 is 0 Å². The second kappa shape index (κ2) is 12.8. The third kappa shape index (κ3) is 6.32. The van der Waals surface area contributed by atoms with Crippen molar-refractivity contribution in [1.29, 1.82) is 0 Å². The Kier molecular flexibility index (Phi) is 14.4. The number of hydrogen-bond donors (Lipinski definition) is 0. The Morgan fingerprint density at radius 2 is 1.38 bits per heavy atom. The highest BCUT2D eigenvalue weighted by atomic mass is 32.1. The van der Waals surface area contributed by atoms with Crippen LogP contribution in [0, 0.1) is 6.92 Å². The minimum atomic E-state index is 1.33. The van der Waals surface area contributed by atoms with E-state index < -0.39 is 0 Å². The minimum Gasteiger partial charge on any atom is -0.145 e. The molecule has 0 saturated carbocycles. The summed E-state index contributed by atoms with van der Waals surface area (Å²) in [6.07, 6.45) is 5.49. The lowest BCUT2D eigenvalue weighted by molar-refractivity contribution is 0.697. The number of aryl methyl sites for hydroxylation is 3. The predicted molar refractivity (Wildman–Crippen MR) is 79.7 cm³/mol. The molecule has 1 heteroatoms. The number of thiophene rings is 1. The average molecular weight is 242 g/mol. The van der Waals surface area contributed by atoms with Gasteiger partial charge in [-0.15, -0.1) is 11.3 Å². The zero-order valence-corrected chi connectivity index (χ0v) is 13.1. The quantitative estimate of drug-likeness (QED) is 0.522. The van der Waals surface area contributed by atoms with Gasteiger partial charge in [-0.1, -0.05) is 41.5 Å². The summed E-state index contributed by atoms with van der Waals surface area (Å²) in [6.45, 7) is 14.2. The van der Waals surface area contributed by atoms with E-state index in [2.05, 4.69) is 13.0 Å². The van der Waals surface area contributed by atoms with Crippen LogP contribution in [0.15, 0.2) is 6.07 Å². The van der Waals surface area contributed by atoms with Crippen LogP contribution in [-0.4, -0.2) is 0 Å². The van der Waals surface area contributed by atoms with Gasteiger partial charge in [0.05, 0.1) is 0 Å². The van der Waals surface area contributed by atoms with Crippen molar-refractivity contribution >= 4 is 11.3 Å². The van der Waals surface area contributed by atoms with Crippen molar-refractivity contribution in [3.8, 4) is 0 Å². The molecular formula is C15H30S. The van der Waals surface area contributed by atoms with Crippen molar-refractivity contribution in [3.63, 3.8) is 0 Å². The molecule has 0 bridgehead atoms. The van der Waals surface area contributed by atoms with Gasteiger partial charge in [-0.05, 0) is 44.2 Å². The van der Waals surface area contributed by atoms with Crippen LogP contribution >= 0.6 is 11.3 Å². The Hall–Kier alpha value is -0.300. The van der Waals surface area contributed by atoms with E-state index in [1.165, 1.54) is 30.6 Å². The van der Waals surface area contributed by atoms with Crippen molar-refractivity contribution in [1.82, 2.24) is 0 Å². The van der Waals surface area contributed by atoms with Crippen LogP contribution in [0.25, 0.3) is 0 Å². The van der Waals surface area contributed by atoms with E-state index in [9.17, 15) is 0 Å². The SMILES string of the molecule is CC.CC.CC.Cc1cc2c(s1)CCCC2. The van der Waals surface area contributed by atoms with Gasteiger partial charge in [0.1, 0.15) is 0 Å². The first kappa shape index (κ1) is 18.1. The van der Waals surface area contributed by atoms with Gasteiger partial charge in [0.25, 0.3) is 0 Å². The van der Waals surface area contributed by atoms with E-state index in [0.717, 1.165) is 0 Å². The maximum absolute atomic E-state index is 2.36. The molecule has 1 heterocycles. The zero-order chi connectivity index (χ0) is 13.0. The molecule has 0 aliphatic heterocycles. The molecule has 1 aromatic heterocycles. The lowest BCUT2D eigenvalue weighted by Crippen LogP contribution is -1.96. The molecular weight excluding hydrogens is 212 g/mol. The van der Waals surface area contributed by atoms with E-state index in [0.29, 0.717) is 0 Å². The van der Waals surface area contributed by atoms with Gasteiger partial charge in [0.2, 0.25) is 0 Å². The summed E-state index contributed by atoms with van der Waals surface area (Å²) in [5.41, 5.74) is 1.63. The highest BCUT2D eigenvalue weighted by Crippen LogP contribution is 2.28. The molecule has 0 N–H and O–H groups in total. The molecule has 16 heavy (non-hydrogen) atoms. The van der Waals surface area contributed by atoms with E-state index >= 15 is 0 Å². The third-order valence-corrected chi connectivity index (χ3v) is 3.27. The molecule has 1 aliphatic rings. The molecule has 0 unspecified atom stereocenters. The predicted octanol–water partition coefficient (Wildman–Crippen LogP) is 6.01. The second-order valence-corrected chi connectivity index (χ2v) is 4.35. The monoisotopic (exact) mass is 242 g/mol. The summed E-state index contributed by atoms with van der Waals surface area (Å²) in [5.74, 6) is 0. The molecule has 0 radical (unpaired) electrons. The van der Waals surface area contributed by atoms with E-state index in [-0.39, 0.29) is 0 Å². The van der Waals surface area contributed by atoms with Crippen LogP contribution in [0.2, 0.25) is 0 Å². The molecule has 0 saturated heterocycles. The van der Waals surface area contributed by atoms with Crippen molar-refractivity contribution in [2.24, 2.45) is 0 Å². The lowest BCUT2D eigenvalue weighted by atomic mass is 9.99. The number of fused-ring (bicyclic) bond motifs is 1. The highest BCUT2D eigenvalue weighted by Gasteiger charge is 2.10. The first-order valence-corrected chi connectivity index (χ1v) is 7.76. The minimum absolute atomic E-state index is 1.33. The summed E-state index contributed by atoms with van der Waals surface area (Å²) >= 11 is 1.99. The fourth-order valence-corrected chi connectivity index (χ4v) is 2.77. The van der Waals surface area contributed by atoms with Crippen LogP contribution in [0.4, 0.5) is 0 Å². The standard InChI is InChI=1S/C9H12S.3C2H6/c1-7-6-8-4-2-3-5-9(8)10-7;3*1-2/h6H,2-5H2,1H3;3*1-2H3. The smallest absolute Gasteiger partial charge is 0.00800 e. The van der Waals surface area contributed by atoms with Crippen LogP contribution in [0.5, 0.6) is 0 Å². The van der Waals surface area contributed by atoms with Gasteiger partial charge >= 0.3 is 0 Å². The van der Waals surface area contributed by atoms with E-state index in [1.807, 2.05) is 52.9 Å². The first-order valence-electron chi connectivity index (χ1n) is 6.94. The third-order valence-electron chi connectivity index (χ3n) is 2.12. The molecule has 0 atom stereocenters. The van der Waals surface area contributed by atoms with Gasteiger partial charge in [-0.25, -0.2) is 0 Å². The van der Waals surface area contributed by atoms with Crippen LogP contribution < -0.4 is 0 Å². The van der Waals surface area contributed by atoms with Gasteiger partial charge in [-0.2, -0.15) is 0 Å². The van der Waals surface area contributed by atoms with Crippen molar-refractivity contribution in [2.45, 2.75) is 74.1 Å². The molecule has 0 aromatic carbocycles. The van der Waals surface area contributed by atoms with Gasteiger partial charge in [0.15, 0.2) is 0 Å². The number of hydrogen-bond acceptors (Lipinski definition) is 1. The Labute approximate surface area is 107 Å². The molecule has 0 nitrogen and oxygen atoms in total. The Morgan fingerprint density at radius 3 is 1.88 bits per heavy atom. The van der Waals surface area contributed by atoms with Crippen LogP contribution in [-0.2, 0) is 12.8 Å². The largest absolute Gasteiger partial charge is 0.145 e. The van der Waals surface area contributed by atoms with E-state index in [4.69, 9.17) is 0 Å². The summed E-state index contributed by atoms with van der Waals surface area (Å²) in [6, 6.07) is 2.36. The molecule has 96 valence electrons. The van der Waals surface area contributed by atoms with Crippen molar-refractivity contribution in [2.75, 3.05) is 0 Å². The Bertz CT molecular complexity index is 212. The van der Waals surface area contributed by atoms with Crippen LogP contribution in [0.3, 0.4) is 0 Å². The summed E-state index contributed by atoms with van der Waals surface area (Å²) < 4.78 is 0. The topological polar surface area (TPSA) is 0 Å². The van der Waals surface area contributed by atoms with E-state index in [1.54, 1.807) is 10.4 Å². The van der Waals surface area contributed by atoms with Crippen molar-refractivity contribution in [3.05, 3.63) is 21.4 Å². The Balaban J connectivity index is 0. The maximum Gasteiger partial charge on any atom is 0.00800 e. The fourth-order valence-electron chi connectivity index (χ4n) is 1.64. The second-order valence-electron chi connectivity index (χ2n) is 3.01. The molecule has 0 fully saturated rings. The van der Waals surface area contributed by atoms with Crippen molar-refractivity contribution < 1.29 is 0 Å². The summed E-state index contributed by atoms with van der Waals surface area (Å²) in [4.78, 5) is 3.15. The highest BCUT2D eigenvalue weighted by molar-refractivity contribution is 7.12. The summed E-state index contributed by atoms with van der Waals surface area (Å²) in [7, 11) is 0. The zero-order valence-electron chi connectivity index (χ0n) is 12.3. The molecule has 2 rings (SSSR count). The molecule has 1 aromatic rings. The average Bonchev–Trinajstić information content (AvgIpc) is 2.76. The van der Waals surface area contributed by atoms with Gasteiger partial charge in [0, 0.05) is 9.75 Å². The van der Waals surface area contributed by atoms with Gasteiger partial charge in [-0.3, -0.25) is 0 Å². The maximum atomic E-state index is 2.36. The molecule has 0 spiro atoms. The normalized spacial score (nSPS) is 11.7. The lowest BCUT2D eigenvalue weighted by Gasteiger charge is -2.08. The molecule has 1 aliphatic carbocycles. The fraction of sp³-hybridized carbons (Fsp3) is 0.733. The number of rotatable bonds is 0.